The molecule has 0 aliphatic heterocycles. The fourth-order valence-corrected chi connectivity index (χ4v) is 1.91. The highest BCUT2D eigenvalue weighted by Gasteiger charge is 2.04. The van der Waals surface area contributed by atoms with Gasteiger partial charge in [0.05, 0.1) is 18.1 Å². The van der Waals surface area contributed by atoms with E-state index in [2.05, 4.69) is 35.2 Å². The molecular formula is C17H23N3O. The summed E-state index contributed by atoms with van der Waals surface area (Å²) in [6.07, 6.45) is 3.43. The lowest BCUT2D eigenvalue weighted by atomic mass is 10.1. The third kappa shape index (κ3) is 4.83. The second-order valence-electron chi connectivity index (χ2n) is 5.74. The fraction of sp³-hybridized carbons (Fsp3) is 0.412. The lowest BCUT2D eigenvalue weighted by molar-refractivity contribution is 0.454. The third-order valence-corrected chi connectivity index (χ3v) is 3.10. The van der Waals surface area contributed by atoms with Crippen molar-refractivity contribution in [2.45, 2.75) is 34.2 Å². The van der Waals surface area contributed by atoms with E-state index in [1.54, 1.807) is 12.4 Å². The van der Waals surface area contributed by atoms with Crippen LogP contribution in [0.25, 0.3) is 0 Å². The first-order chi connectivity index (χ1) is 10.0. The smallest absolute Gasteiger partial charge is 0.237 e. The molecule has 112 valence electrons. The molecule has 2 rings (SSSR count). The van der Waals surface area contributed by atoms with E-state index >= 15 is 0 Å². The predicted octanol–water partition coefficient (Wildman–Crippen LogP) is 3.63. The second-order valence-corrected chi connectivity index (χ2v) is 5.74. The fourth-order valence-electron chi connectivity index (χ4n) is 1.91. The summed E-state index contributed by atoms with van der Waals surface area (Å²) < 4.78 is 5.79. The van der Waals surface area contributed by atoms with Crippen LogP contribution in [0.4, 0.5) is 0 Å². The highest BCUT2D eigenvalue weighted by molar-refractivity contribution is 5.38. The van der Waals surface area contributed by atoms with Gasteiger partial charge in [-0.3, -0.25) is 4.98 Å². The molecule has 0 saturated heterocycles. The van der Waals surface area contributed by atoms with Gasteiger partial charge in [-0.1, -0.05) is 26.0 Å². The first-order valence-corrected chi connectivity index (χ1v) is 7.31. The zero-order valence-corrected chi connectivity index (χ0v) is 13.2. The molecule has 0 unspecified atom stereocenters. The van der Waals surface area contributed by atoms with Crippen molar-refractivity contribution in [2.75, 3.05) is 6.54 Å². The Kier molecular flexibility index (Phi) is 5.28. The van der Waals surface area contributed by atoms with Crippen LogP contribution in [-0.2, 0) is 6.54 Å². The highest BCUT2D eigenvalue weighted by atomic mass is 16.5. The number of aryl methyl sites for hydroxylation is 2. The molecule has 0 atom stereocenters. The topological polar surface area (TPSA) is 47.0 Å². The van der Waals surface area contributed by atoms with Crippen molar-refractivity contribution < 1.29 is 4.74 Å². The monoisotopic (exact) mass is 285 g/mol. The van der Waals surface area contributed by atoms with E-state index in [1.807, 2.05) is 26.0 Å². The van der Waals surface area contributed by atoms with E-state index in [4.69, 9.17) is 4.74 Å². The molecule has 0 amide bonds. The van der Waals surface area contributed by atoms with Gasteiger partial charge in [-0.2, -0.15) is 0 Å². The van der Waals surface area contributed by atoms with E-state index in [9.17, 15) is 0 Å². The molecule has 0 aliphatic carbocycles. The summed E-state index contributed by atoms with van der Waals surface area (Å²) in [4.78, 5) is 8.69. The van der Waals surface area contributed by atoms with Gasteiger partial charge in [-0.15, -0.1) is 0 Å². The molecule has 0 spiro atoms. The lowest BCUT2D eigenvalue weighted by Gasteiger charge is -2.09. The lowest BCUT2D eigenvalue weighted by Crippen LogP contribution is -2.19. The highest BCUT2D eigenvalue weighted by Crippen LogP contribution is 2.24. The van der Waals surface area contributed by atoms with E-state index in [0.29, 0.717) is 11.8 Å². The molecule has 1 aromatic carbocycles. The summed E-state index contributed by atoms with van der Waals surface area (Å²) in [5.74, 6) is 1.98. The molecule has 0 bridgehead atoms. The number of benzene rings is 1. The maximum atomic E-state index is 5.79. The Morgan fingerprint density at radius 3 is 2.62 bits per heavy atom. The van der Waals surface area contributed by atoms with Crippen molar-refractivity contribution in [3.8, 4) is 11.6 Å². The van der Waals surface area contributed by atoms with Gasteiger partial charge >= 0.3 is 0 Å². The van der Waals surface area contributed by atoms with Gasteiger partial charge in [0.25, 0.3) is 0 Å². The SMILES string of the molecule is Cc1ccc(C)c(Oc2cnc(CNCC(C)C)cn2)c1. The molecule has 4 nitrogen and oxygen atoms in total. The number of hydrogen-bond donors (Lipinski definition) is 1. The molecule has 21 heavy (non-hydrogen) atoms. The molecule has 1 aromatic heterocycles. The zero-order valence-electron chi connectivity index (χ0n) is 13.2. The van der Waals surface area contributed by atoms with Gasteiger partial charge in [-0.05, 0) is 43.5 Å². The first kappa shape index (κ1) is 15.4. The van der Waals surface area contributed by atoms with Gasteiger partial charge in [0.2, 0.25) is 5.88 Å². The van der Waals surface area contributed by atoms with E-state index < -0.39 is 0 Å². The van der Waals surface area contributed by atoms with Gasteiger partial charge in [0.1, 0.15) is 5.75 Å². The van der Waals surface area contributed by atoms with Crippen molar-refractivity contribution in [3.63, 3.8) is 0 Å². The summed E-state index contributed by atoms with van der Waals surface area (Å²) in [5.41, 5.74) is 3.17. The number of nitrogens with one attached hydrogen (secondary N) is 1. The third-order valence-electron chi connectivity index (χ3n) is 3.10. The van der Waals surface area contributed by atoms with Crippen LogP contribution in [0.15, 0.2) is 30.6 Å². The molecule has 0 fully saturated rings. The maximum Gasteiger partial charge on any atom is 0.237 e. The van der Waals surface area contributed by atoms with Crippen molar-refractivity contribution >= 4 is 0 Å². The van der Waals surface area contributed by atoms with Crippen LogP contribution in [0.3, 0.4) is 0 Å². The van der Waals surface area contributed by atoms with Gasteiger partial charge in [-0.25, -0.2) is 4.98 Å². The molecule has 0 aliphatic rings. The normalized spacial score (nSPS) is 10.9. The van der Waals surface area contributed by atoms with Gasteiger partial charge in [0.15, 0.2) is 0 Å². The summed E-state index contributed by atoms with van der Waals surface area (Å²) in [6, 6.07) is 6.12. The van der Waals surface area contributed by atoms with E-state index in [0.717, 1.165) is 35.7 Å². The molecule has 2 aromatic rings. The predicted molar refractivity (Wildman–Crippen MR) is 84.6 cm³/mol. The summed E-state index contributed by atoms with van der Waals surface area (Å²) in [6.45, 7) is 10.1. The quantitative estimate of drug-likeness (QED) is 0.880. The Balaban J connectivity index is 1.97. The summed E-state index contributed by atoms with van der Waals surface area (Å²) in [5, 5.41) is 3.34. The largest absolute Gasteiger partial charge is 0.437 e. The Morgan fingerprint density at radius 1 is 1.14 bits per heavy atom. The zero-order chi connectivity index (χ0) is 15.2. The van der Waals surface area contributed by atoms with Crippen LogP contribution >= 0.6 is 0 Å². The molecular weight excluding hydrogens is 262 g/mol. The molecule has 1 N–H and O–H groups in total. The average molecular weight is 285 g/mol. The van der Waals surface area contributed by atoms with Crippen molar-refractivity contribution in [2.24, 2.45) is 5.92 Å². The average Bonchev–Trinajstić information content (AvgIpc) is 2.44. The van der Waals surface area contributed by atoms with Gasteiger partial charge < -0.3 is 10.1 Å². The maximum absolute atomic E-state index is 5.79. The number of nitrogens with zero attached hydrogens (tertiary/aromatic N) is 2. The molecule has 1 heterocycles. The molecule has 0 saturated carbocycles. The van der Waals surface area contributed by atoms with Crippen LogP contribution in [0.2, 0.25) is 0 Å². The number of ether oxygens (including phenoxy) is 1. The van der Waals surface area contributed by atoms with Crippen molar-refractivity contribution in [3.05, 3.63) is 47.4 Å². The van der Waals surface area contributed by atoms with E-state index in [1.165, 1.54) is 0 Å². The molecule has 4 heteroatoms. The van der Waals surface area contributed by atoms with Crippen molar-refractivity contribution in [1.29, 1.82) is 0 Å². The van der Waals surface area contributed by atoms with Crippen LogP contribution in [0.1, 0.15) is 30.7 Å². The van der Waals surface area contributed by atoms with Crippen molar-refractivity contribution in [1.82, 2.24) is 15.3 Å². The van der Waals surface area contributed by atoms with Crippen LogP contribution in [-0.4, -0.2) is 16.5 Å². The van der Waals surface area contributed by atoms with Gasteiger partial charge in [0, 0.05) is 6.54 Å². The standard InChI is InChI=1S/C17H23N3O/c1-12(2)8-18-9-15-10-20-17(11-19-15)21-16-7-13(3)5-6-14(16)4/h5-7,10-12,18H,8-9H2,1-4H3. The Hall–Kier alpha value is -1.94. The number of hydrogen-bond acceptors (Lipinski definition) is 4. The minimum absolute atomic E-state index is 0.524. The summed E-state index contributed by atoms with van der Waals surface area (Å²) in [7, 11) is 0. The number of aromatic nitrogens is 2. The van der Waals surface area contributed by atoms with Crippen LogP contribution in [0, 0.1) is 19.8 Å². The summed E-state index contributed by atoms with van der Waals surface area (Å²) >= 11 is 0. The minimum Gasteiger partial charge on any atom is -0.437 e. The Labute approximate surface area is 126 Å². The minimum atomic E-state index is 0.524. The molecule has 0 radical (unpaired) electrons. The Morgan fingerprint density at radius 2 is 1.95 bits per heavy atom. The Bertz CT molecular complexity index is 579. The number of rotatable bonds is 6. The van der Waals surface area contributed by atoms with Crippen LogP contribution in [0.5, 0.6) is 11.6 Å². The van der Waals surface area contributed by atoms with Crippen LogP contribution < -0.4 is 10.1 Å². The van der Waals surface area contributed by atoms with E-state index in [-0.39, 0.29) is 0 Å². The first-order valence-electron chi connectivity index (χ1n) is 7.31. The second kappa shape index (κ2) is 7.18.